The maximum atomic E-state index is 12.2. The standard InChI is InChI=1S/C20H23F3N4O/c21-20(22,23)28-17-10-8-16(9-11-17)26-19(24)25-14-15-6-2-3-7-18(15)27-12-4-1-5-13-27/h2-3,6-11H,1,4-5,12-14H2,(H3,24,25,26). The van der Waals surface area contributed by atoms with Crippen molar-refractivity contribution in [1.29, 1.82) is 0 Å². The maximum absolute atomic E-state index is 12.2. The van der Waals surface area contributed by atoms with Gasteiger partial charge in [0.2, 0.25) is 0 Å². The lowest BCUT2D eigenvalue weighted by molar-refractivity contribution is -0.274. The van der Waals surface area contributed by atoms with Crippen LogP contribution in [0.25, 0.3) is 0 Å². The number of benzene rings is 2. The highest BCUT2D eigenvalue weighted by Crippen LogP contribution is 2.25. The maximum Gasteiger partial charge on any atom is 0.573 e. The molecule has 0 aliphatic carbocycles. The van der Waals surface area contributed by atoms with Crippen molar-refractivity contribution in [2.45, 2.75) is 32.2 Å². The highest BCUT2D eigenvalue weighted by molar-refractivity contribution is 5.92. The summed E-state index contributed by atoms with van der Waals surface area (Å²) in [6.45, 7) is 2.50. The molecule has 28 heavy (non-hydrogen) atoms. The van der Waals surface area contributed by atoms with Crippen molar-refractivity contribution in [2.75, 3.05) is 23.3 Å². The topological polar surface area (TPSA) is 62.9 Å². The number of nitrogens with two attached hydrogens (primary N) is 1. The summed E-state index contributed by atoms with van der Waals surface area (Å²) in [7, 11) is 0. The third-order valence-electron chi connectivity index (χ3n) is 4.47. The van der Waals surface area contributed by atoms with Gasteiger partial charge in [-0.3, -0.25) is 0 Å². The summed E-state index contributed by atoms with van der Waals surface area (Å²) in [6, 6.07) is 13.5. The van der Waals surface area contributed by atoms with E-state index in [1.54, 1.807) is 0 Å². The summed E-state index contributed by atoms with van der Waals surface area (Å²) >= 11 is 0. The first-order valence-corrected chi connectivity index (χ1v) is 9.16. The Hall–Kier alpha value is -2.90. The van der Waals surface area contributed by atoms with Crippen LogP contribution in [0.3, 0.4) is 0 Å². The Bertz CT molecular complexity index is 800. The molecule has 0 saturated carbocycles. The third kappa shape index (κ3) is 5.80. The Morgan fingerprint density at radius 1 is 1.04 bits per heavy atom. The average Bonchev–Trinajstić information content (AvgIpc) is 2.68. The number of piperidine rings is 1. The van der Waals surface area contributed by atoms with Gasteiger partial charge in [-0.1, -0.05) is 18.2 Å². The molecule has 5 nitrogen and oxygen atoms in total. The summed E-state index contributed by atoms with van der Waals surface area (Å²) in [6.07, 6.45) is -1.07. The Balaban J connectivity index is 1.62. The molecule has 8 heteroatoms. The molecule has 0 amide bonds. The quantitative estimate of drug-likeness (QED) is 0.581. The molecule has 2 aromatic rings. The predicted octanol–water partition coefficient (Wildman–Crippen LogP) is 4.50. The van der Waals surface area contributed by atoms with Gasteiger partial charge in [-0.2, -0.15) is 0 Å². The number of rotatable bonds is 5. The van der Waals surface area contributed by atoms with Gasteiger partial charge in [0.05, 0.1) is 6.54 Å². The van der Waals surface area contributed by atoms with Crippen LogP contribution in [0.1, 0.15) is 24.8 Å². The van der Waals surface area contributed by atoms with Crippen molar-refractivity contribution < 1.29 is 17.9 Å². The number of nitrogens with one attached hydrogen (secondary N) is 1. The van der Waals surface area contributed by atoms with Crippen molar-refractivity contribution in [3.8, 4) is 5.75 Å². The molecule has 0 atom stereocenters. The van der Waals surface area contributed by atoms with Gasteiger partial charge in [0.25, 0.3) is 0 Å². The molecular formula is C20H23F3N4O. The van der Waals surface area contributed by atoms with Crippen molar-refractivity contribution >= 4 is 17.3 Å². The molecule has 1 saturated heterocycles. The third-order valence-corrected chi connectivity index (χ3v) is 4.47. The number of alkyl halides is 3. The van der Waals surface area contributed by atoms with E-state index in [-0.39, 0.29) is 11.7 Å². The van der Waals surface area contributed by atoms with Crippen LogP contribution in [0.2, 0.25) is 0 Å². The van der Waals surface area contributed by atoms with Crippen LogP contribution < -0.4 is 20.7 Å². The molecule has 0 bridgehead atoms. The van der Waals surface area contributed by atoms with Crippen LogP contribution in [0.15, 0.2) is 53.5 Å². The fraction of sp³-hybridized carbons (Fsp3) is 0.350. The summed E-state index contributed by atoms with van der Waals surface area (Å²) in [5.41, 5.74) is 8.72. The number of ether oxygens (including phenoxy) is 1. The second-order valence-corrected chi connectivity index (χ2v) is 6.58. The Labute approximate surface area is 162 Å². The van der Waals surface area contributed by atoms with Gasteiger partial charge in [-0.25, -0.2) is 4.99 Å². The normalized spacial score (nSPS) is 15.4. The SMILES string of the molecule is NC(=NCc1ccccc1N1CCCCC1)Nc1ccc(OC(F)(F)F)cc1. The minimum Gasteiger partial charge on any atom is -0.406 e. The molecule has 0 aromatic heterocycles. The zero-order valence-electron chi connectivity index (χ0n) is 15.4. The molecular weight excluding hydrogens is 369 g/mol. The first-order chi connectivity index (χ1) is 13.4. The van der Waals surface area contributed by atoms with E-state index in [1.165, 1.54) is 49.2 Å². The first-order valence-electron chi connectivity index (χ1n) is 9.16. The van der Waals surface area contributed by atoms with Gasteiger partial charge in [0, 0.05) is 24.5 Å². The van der Waals surface area contributed by atoms with E-state index in [0.717, 1.165) is 18.7 Å². The van der Waals surface area contributed by atoms with Gasteiger partial charge in [0.1, 0.15) is 5.75 Å². The molecule has 3 N–H and O–H groups in total. The lowest BCUT2D eigenvalue weighted by Gasteiger charge is -2.30. The molecule has 2 aromatic carbocycles. The van der Waals surface area contributed by atoms with Crippen LogP contribution in [-0.2, 0) is 6.54 Å². The van der Waals surface area contributed by atoms with Crippen LogP contribution in [-0.4, -0.2) is 25.4 Å². The first kappa shape index (κ1) is 19.9. The molecule has 1 aliphatic heterocycles. The number of aliphatic imine (C=N–C) groups is 1. The summed E-state index contributed by atoms with van der Waals surface area (Å²) in [5.74, 6) is -0.0954. The molecule has 1 heterocycles. The minimum absolute atomic E-state index is 0.193. The van der Waals surface area contributed by atoms with Gasteiger partial charge in [-0.05, 0) is 55.2 Å². The lowest BCUT2D eigenvalue weighted by Crippen LogP contribution is -2.30. The molecule has 0 radical (unpaired) electrons. The summed E-state index contributed by atoms with van der Waals surface area (Å²) in [4.78, 5) is 6.74. The highest BCUT2D eigenvalue weighted by Gasteiger charge is 2.30. The molecule has 1 aliphatic rings. The van der Waals surface area contributed by atoms with E-state index >= 15 is 0 Å². The Kier molecular flexibility index (Phi) is 6.28. The van der Waals surface area contributed by atoms with E-state index in [9.17, 15) is 13.2 Å². The van der Waals surface area contributed by atoms with Crippen molar-refractivity contribution in [3.05, 3.63) is 54.1 Å². The average molecular weight is 392 g/mol. The van der Waals surface area contributed by atoms with Crippen LogP contribution >= 0.6 is 0 Å². The minimum atomic E-state index is -4.71. The van der Waals surface area contributed by atoms with E-state index in [2.05, 4.69) is 26.0 Å². The fourth-order valence-corrected chi connectivity index (χ4v) is 3.19. The summed E-state index contributed by atoms with van der Waals surface area (Å²) < 4.78 is 40.4. The van der Waals surface area contributed by atoms with Gasteiger partial charge in [-0.15, -0.1) is 13.2 Å². The second-order valence-electron chi connectivity index (χ2n) is 6.58. The van der Waals surface area contributed by atoms with Crippen LogP contribution in [0.4, 0.5) is 24.5 Å². The second kappa shape index (κ2) is 8.86. The smallest absolute Gasteiger partial charge is 0.406 e. The zero-order chi connectivity index (χ0) is 20.0. The largest absolute Gasteiger partial charge is 0.573 e. The monoisotopic (exact) mass is 392 g/mol. The number of nitrogens with zero attached hydrogens (tertiary/aromatic N) is 2. The van der Waals surface area contributed by atoms with Crippen LogP contribution in [0, 0.1) is 0 Å². The molecule has 0 spiro atoms. The van der Waals surface area contributed by atoms with Gasteiger partial charge >= 0.3 is 6.36 Å². The Morgan fingerprint density at radius 3 is 2.39 bits per heavy atom. The molecule has 0 unspecified atom stereocenters. The zero-order valence-corrected chi connectivity index (χ0v) is 15.4. The summed E-state index contributed by atoms with van der Waals surface area (Å²) in [5, 5.41) is 2.88. The van der Waals surface area contributed by atoms with Crippen molar-refractivity contribution in [3.63, 3.8) is 0 Å². The molecule has 3 rings (SSSR count). The number of anilines is 2. The number of halogens is 3. The predicted molar refractivity (Wildman–Crippen MR) is 105 cm³/mol. The van der Waals surface area contributed by atoms with Gasteiger partial charge in [0.15, 0.2) is 5.96 Å². The number of hydrogen-bond acceptors (Lipinski definition) is 3. The van der Waals surface area contributed by atoms with E-state index in [0.29, 0.717) is 12.2 Å². The number of para-hydroxylation sites is 1. The highest BCUT2D eigenvalue weighted by atomic mass is 19.4. The molecule has 150 valence electrons. The van der Waals surface area contributed by atoms with Crippen molar-refractivity contribution in [2.24, 2.45) is 10.7 Å². The van der Waals surface area contributed by atoms with Gasteiger partial charge < -0.3 is 20.7 Å². The van der Waals surface area contributed by atoms with Crippen molar-refractivity contribution in [1.82, 2.24) is 0 Å². The number of hydrogen-bond donors (Lipinski definition) is 2. The fourth-order valence-electron chi connectivity index (χ4n) is 3.19. The lowest BCUT2D eigenvalue weighted by atomic mass is 10.1. The van der Waals surface area contributed by atoms with E-state index in [1.807, 2.05) is 18.2 Å². The van der Waals surface area contributed by atoms with E-state index < -0.39 is 6.36 Å². The molecule has 1 fully saturated rings. The number of guanidine groups is 1. The Morgan fingerprint density at radius 2 is 1.71 bits per heavy atom. The van der Waals surface area contributed by atoms with E-state index in [4.69, 9.17) is 5.73 Å². The van der Waals surface area contributed by atoms with Crippen LogP contribution in [0.5, 0.6) is 5.75 Å².